The first kappa shape index (κ1) is 22.0. The zero-order valence-electron chi connectivity index (χ0n) is 13.6. The first-order valence-corrected chi connectivity index (χ1v) is 9.12. The highest BCUT2D eigenvalue weighted by atomic mass is 127. The molecule has 0 unspecified atom stereocenters. The average molecular weight is 502 g/mol. The van der Waals surface area contributed by atoms with Crippen molar-refractivity contribution in [1.82, 2.24) is 15.6 Å². The van der Waals surface area contributed by atoms with E-state index in [1.54, 1.807) is 18.8 Å². The molecular weight excluding hydrogens is 484 g/mol. The Labute approximate surface area is 169 Å². The number of alkyl halides is 3. The van der Waals surface area contributed by atoms with E-state index in [9.17, 15) is 13.2 Å². The third-order valence-corrected chi connectivity index (χ3v) is 4.68. The van der Waals surface area contributed by atoms with Gasteiger partial charge in [0.2, 0.25) is 0 Å². The van der Waals surface area contributed by atoms with Crippen molar-refractivity contribution < 1.29 is 13.2 Å². The number of aromatic nitrogens is 1. The first-order valence-electron chi connectivity index (χ1n) is 7.01. The summed E-state index contributed by atoms with van der Waals surface area (Å²) in [5.74, 6) is 0.507. The van der Waals surface area contributed by atoms with Crippen LogP contribution >= 0.6 is 47.1 Å². The van der Waals surface area contributed by atoms with Gasteiger partial charge in [-0.1, -0.05) is 12.1 Å². The minimum absolute atomic E-state index is 0. The van der Waals surface area contributed by atoms with Crippen LogP contribution in [0.25, 0.3) is 0 Å². The number of thioether (sulfide) groups is 1. The highest BCUT2D eigenvalue weighted by Gasteiger charge is 2.33. The summed E-state index contributed by atoms with van der Waals surface area (Å²) in [6, 6.07) is 8.10. The molecule has 0 aliphatic carbocycles. The molecule has 0 fully saturated rings. The van der Waals surface area contributed by atoms with E-state index < -0.39 is 11.9 Å². The Hall–Kier alpha value is -1.01. The second kappa shape index (κ2) is 10.2. The van der Waals surface area contributed by atoms with Gasteiger partial charge in [0, 0.05) is 23.9 Å². The summed E-state index contributed by atoms with van der Waals surface area (Å²) in [6.07, 6.45) is -2.39. The van der Waals surface area contributed by atoms with E-state index in [4.69, 9.17) is 0 Å². The zero-order chi connectivity index (χ0) is 17.6. The lowest BCUT2D eigenvalue weighted by molar-refractivity contribution is -0.140. The Kier molecular flexibility index (Phi) is 9.00. The van der Waals surface area contributed by atoms with Gasteiger partial charge in [-0.15, -0.1) is 47.1 Å². The summed E-state index contributed by atoms with van der Waals surface area (Å²) in [4.78, 5) is 8.81. The van der Waals surface area contributed by atoms with Crippen LogP contribution in [0.4, 0.5) is 13.2 Å². The Morgan fingerprint density at radius 2 is 1.84 bits per heavy atom. The topological polar surface area (TPSA) is 49.3 Å². The number of thiazole rings is 1. The van der Waals surface area contributed by atoms with Crippen LogP contribution in [0.15, 0.2) is 39.5 Å². The molecule has 2 aromatic rings. The van der Waals surface area contributed by atoms with Crippen LogP contribution in [0, 0.1) is 0 Å². The van der Waals surface area contributed by atoms with Crippen LogP contribution in [0.1, 0.15) is 16.3 Å². The number of hydrogen-bond donors (Lipinski definition) is 2. The normalized spacial score (nSPS) is 11.8. The predicted molar refractivity (Wildman–Crippen MR) is 108 cm³/mol. The Bertz CT molecular complexity index is 687. The van der Waals surface area contributed by atoms with Crippen LogP contribution in [-0.2, 0) is 19.3 Å². The summed E-state index contributed by atoms with van der Waals surface area (Å²) >= 11 is 2.64. The summed E-state index contributed by atoms with van der Waals surface area (Å²) < 4.78 is 37.5. The molecule has 2 N–H and O–H groups in total. The lowest BCUT2D eigenvalue weighted by Gasteiger charge is -2.11. The van der Waals surface area contributed by atoms with Gasteiger partial charge in [0.05, 0.1) is 6.54 Å². The van der Waals surface area contributed by atoms with Gasteiger partial charge in [0.15, 0.2) is 11.7 Å². The Morgan fingerprint density at radius 3 is 2.36 bits per heavy atom. The number of nitrogens with one attached hydrogen (secondary N) is 2. The fourth-order valence-electron chi connectivity index (χ4n) is 1.83. The van der Waals surface area contributed by atoms with Crippen molar-refractivity contribution in [1.29, 1.82) is 0 Å². The van der Waals surface area contributed by atoms with Crippen LogP contribution in [0.3, 0.4) is 0 Å². The molecule has 0 spiro atoms. The molecule has 4 nitrogen and oxygen atoms in total. The smallest absolute Gasteiger partial charge is 0.352 e. The maximum atomic E-state index is 12.5. The van der Waals surface area contributed by atoms with E-state index in [1.165, 1.54) is 4.90 Å². The van der Waals surface area contributed by atoms with Gasteiger partial charge in [-0.2, -0.15) is 13.2 Å². The van der Waals surface area contributed by atoms with E-state index in [-0.39, 0.29) is 30.5 Å². The molecule has 0 aliphatic heterocycles. The largest absolute Gasteiger partial charge is 0.434 e. The van der Waals surface area contributed by atoms with Crippen molar-refractivity contribution >= 4 is 53.0 Å². The zero-order valence-corrected chi connectivity index (χ0v) is 17.5. The molecule has 1 aromatic heterocycles. The summed E-state index contributed by atoms with van der Waals surface area (Å²) in [5.41, 5.74) is 0.227. The van der Waals surface area contributed by atoms with Crippen LogP contribution in [0.5, 0.6) is 0 Å². The lowest BCUT2D eigenvalue weighted by Crippen LogP contribution is -2.36. The molecule has 0 saturated carbocycles. The molecule has 0 aliphatic rings. The molecule has 0 amide bonds. The second-order valence-corrected chi connectivity index (χ2v) is 6.57. The van der Waals surface area contributed by atoms with E-state index >= 15 is 0 Å². The minimum atomic E-state index is -4.41. The van der Waals surface area contributed by atoms with E-state index in [2.05, 4.69) is 20.6 Å². The predicted octanol–water partition coefficient (Wildman–Crippen LogP) is 4.37. The third kappa shape index (κ3) is 7.02. The van der Waals surface area contributed by atoms with Gasteiger partial charge in [0.1, 0.15) is 5.01 Å². The van der Waals surface area contributed by atoms with Crippen LogP contribution in [-0.4, -0.2) is 24.2 Å². The van der Waals surface area contributed by atoms with Crippen molar-refractivity contribution in [3.63, 3.8) is 0 Å². The lowest BCUT2D eigenvalue weighted by atomic mass is 10.2. The fraction of sp³-hybridized carbons (Fsp3) is 0.333. The molecule has 0 atom stereocenters. The van der Waals surface area contributed by atoms with Crippen LogP contribution in [0.2, 0.25) is 0 Å². The molecule has 1 aromatic carbocycles. The molecule has 1 heterocycles. The SMILES string of the molecule is CN=C(NCc1ccc(SC)cc1)NCc1nc(C(F)(F)F)cs1.I. The molecule has 138 valence electrons. The quantitative estimate of drug-likeness (QED) is 0.276. The number of halogens is 4. The Morgan fingerprint density at radius 1 is 1.20 bits per heavy atom. The Balaban J connectivity index is 0.00000312. The third-order valence-electron chi connectivity index (χ3n) is 3.09. The summed E-state index contributed by atoms with van der Waals surface area (Å²) in [5, 5.41) is 7.45. The number of rotatable bonds is 5. The van der Waals surface area contributed by atoms with Gasteiger partial charge in [-0.3, -0.25) is 4.99 Å². The van der Waals surface area contributed by atoms with Crippen molar-refractivity contribution in [3.05, 3.63) is 45.9 Å². The first-order chi connectivity index (χ1) is 11.4. The second-order valence-electron chi connectivity index (χ2n) is 4.75. The highest BCUT2D eigenvalue weighted by Crippen LogP contribution is 2.29. The van der Waals surface area contributed by atoms with Gasteiger partial charge < -0.3 is 10.6 Å². The molecule has 0 radical (unpaired) electrons. The number of nitrogens with zero attached hydrogens (tertiary/aromatic N) is 2. The minimum Gasteiger partial charge on any atom is -0.352 e. The molecule has 0 saturated heterocycles. The number of benzene rings is 1. The van der Waals surface area contributed by atoms with Crippen molar-refractivity contribution in [2.45, 2.75) is 24.2 Å². The number of hydrogen-bond acceptors (Lipinski definition) is 4. The maximum absolute atomic E-state index is 12.5. The van der Waals surface area contributed by atoms with Gasteiger partial charge in [-0.05, 0) is 24.0 Å². The molecule has 25 heavy (non-hydrogen) atoms. The summed E-state index contributed by atoms with van der Waals surface area (Å²) in [7, 11) is 1.61. The molecule has 10 heteroatoms. The van der Waals surface area contributed by atoms with Gasteiger partial charge in [0.25, 0.3) is 0 Å². The van der Waals surface area contributed by atoms with E-state index in [0.29, 0.717) is 17.5 Å². The van der Waals surface area contributed by atoms with E-state index in [1.807, 2.05) is 30.5 Å². The molecule has 0 bridgehead atoms. The highest BCUT2D eigenvalue weighted by molar-refractivity contribution is 14.0. The number of guanidine groups is 1. The van der Waals surface area contributed by atoms with Crippen molar-refractivity contribution in [2.24, 2.45) is 4.99 Å². The molecule has 2 rings (SSSR count). The van der Waals surface area contributed by atoms with E-state index in [0.717, 1.165) is 22.3 Å². The average Bonchev–Trinajstić information content (AvgIpc) is 3.05. The number of aliphatic imine (C=N–C) groups is 1. The standard InChI is InChI=1S/C15H17F3N4S2.HI/c1-19-14(20-7-10-3-5-11(23-2)6-4-10)21-8-13-22-12(9-24-13)15(16,17)18;/h3-6,9H,7-8H2,1-2H3,(H2,19,20,21);1H. The van der Waals surface area contributed by atoms with Crippen molar-refractivity contribution in [3.8, 4) is 0 Å². The van der Waals surface area contributed by atoms with Crippen LogP contribution < -0.4 is 10.6 Å². The monoisotopic (exact) mass is 502 g/mol. The van der Waals surface area contributed by atoms with Gasteiger partial charge in [-0.25, -0.2) is 4.98 Å². The fourth-order valence-corrected chi connectivity index (χ4v) is 2.98. The van der Waals surface area contributed by atoms with Gasteiger partial charge >= 0.3 is 6.18 Å². The summed E-state index contributed by atoms with van der Waals surface area (Å²) in [6.45, 7) is 0.756. The molecular formula is C15H18F3IN4S2. The van der Waals surface area contributed by atoms with Crippen molar-refractivity contribution in [2.75, 3.05) is 13.3 Å². The maximum Gasteiger partial charge on any atom is 0.434 e.